The summed E-state index contributed by atoms with van der Waals surface area (Å²) in [5.74, 6) is -2.64. The summed E-state index contributed by atoms with van der Waals surface area (Å²) in [5.41, 5.74) is 0.0442. The Morgan fingerprint density at radius 1 is 1.17 bits per heavy atom. The number of carboxylic acid groups (broad SMARTS) is 1. The van der Waals surface area contributed by atoms with Crippen molar-refractivity contribution in [2.45, 2.75) is 33.4 Å². The summed E-state index contributed by atoms with van der Waals surface area (Å²) < 4.78 is 10.6. The van der Waals surface area contributed by atoms with Crippen LogP contribution in [-0.4, -0.2) is 72.3 Å². The Bertz CT molecular complexity index is 710. The Labute approximate surface area is 171 Å². The lowest BCUT2D eigenvalue weighted by atomic mass is 9.75. The second-order valence-electron chi connectivity index (χ2n) is 8.22. The van der Waals surface area contributed by atoms with Gasteiger partial charge in [0.15, 0.2) is 0 Å². The molecule has 0 spiro atoms. The lowest BCUT2D eigenvalue weighted by Crippen LogP contribution is -2.59. The number of amides is 2. The predicted molar refractivity (Wildman–Crippen MR) is 106 cm³/mol. The quantitative estimate of drug-likeness (QED) is 0.778. The summed E-state index contributed by atoms with van der Waals surface area (Å²) in [6, 6.07) is 7.97. The van der Waals surface area contributed by atoms with Crippen LogP contribution in [0.3, 0.4) is 0 Å². The van der Waals surface area contributed by atoms with Gasteiger partial charge in [-0.25, -0.2) is 4.79 Å². The second kappa shape index (κ2) is 9.73. The van der Waals surface area contributed by atoms with E-state index in [0.29, 0.717) is 26.3 Å². The molecule has 2 rings (SSSR count). The molecule has 2 atom stereocenters. The molecule has 29 heavy (non-hydrogen) atoms. The summed E-state index contributed by atoms with van der Waals surface area (Å²) in [6.45, 7) is 6.76. The monoisotopic (exact) mass is 406 g/mol. The van der Waals surface area contributed by atoms with Crippen molar-refractivity contribution in [3.8, 4) is 0 Å². The molecule has 1 aromatic carbocycles. The van der Waals surface area contributed by atoms with Gasteiger partial charge in [0.25, 0.3) is 0 Å². The fourth-order valence-corrected chi connectivity index (χ4v) is 3.42. The molecule has 0 radical (unpaired) electrons. The number of ether oxygens (including phenoxy) is 2. The van der Waals surface area contributed by atoms with E-state index in [1.165, 1.54) is 7.05 Å². The highest BCUT2D eigenvalue weighted by molar-refractivity contribution is 5.91. The maximum atomic E-state index is 13.3. The zero-order valence-corrected chi connectivity index (χ0v) is 17.5. The molecule has 0 aromatic heterocycles. The van der Waals surface area contributed by atoms with Gasteiger partial charge in [0.1, 0.15) is 12.6 Å². The number of rotatable bonds is 6. The van der Waals surface area contributed by atoms with Crippen molar-refractivity contribution in [1.82, 2.24) is 9.80 Å². The molecule has 0 bridgehead atoms. The Morgan fingerprint density at radius 3 is 2.28 bits per heavy atom. The van der Waals surface area contributed by atoms with Crippen molar-refractivity contribution in [2.24, 2.45) is 11.3 Å². The molecule has 1 aliphatic rings. The molecule has 160 valence electrons. The Kier molecular flexibility index (Phi) is 7.61. The standard InChI is InChI=1S/C21H30N2O6/c1-21(2,3)16(19(25)26)17(18(24)23-10-12-28-13-11-23)22(4)20(27)29-14-15-8-6-5-7-9-15/h5-9,16-17H,10-14H2,1-4H3,(H,25,26). The normalized spacial score (nSPS) is 16.6. The number of carboxylic acids is 1. The number of benzene rings is 1. The first kappa shape index (κ1) is 22.7. The SMILES string of the molecule is CN(C(=O)OCc1ccccc1)C(C(=O)N1CCOCC1)C(C(=O)O)C(C)(C)C. The number of hydrogen-bond donors (Lipinski definition) is 1. The highest BCUT2D eigenvalue weighted by Gasteiger charge is 2.47. The summed E-state index contributed by atoms with van der Waals surface area (Å²) >= 11 is 0. The van der Waals surface area contributed by atoms with E-state index < -0.39 is 35.3 Å². The van der Waals surface area contributed by atoms with Gasteiger partial charge in [-0.2, -0.15) is 0 Å². The summed E-state index contributed by atoms with van der Waals surface area (Å²) in [6.07, 6.45) is -0.740. The van der Waals surface area contributed by atoms with Gasteiger partial charge >= 0.3 is 12.1 Å². The van der Waals surface area contributed by atoms with E-state index in [9.17, 15) is 19.5 Å². The fourth-order valence-electron chi connectivity index (χ4n) is 3.42. The van der Waals surface area contributed by atoms with E-state index >= 15 is 0 Å². The van der Waals surface area contributed by atoms with Gasteiger partial charge in [-0.05, 0) is 11.0 Å². The van der Waals surface area contributed by atoms with Crippen LogP contribution in [0, 0.1) is 11.3 Å². The van der Waals surface area contributed by atoms with Gasteiger partial charge < -0.3 is 19.5 Å². The van der Waals surface area contributed by atoms with Gasteiger partial charge in [0.2, 0.25) is 5.91 Å². The number of morpholine rings is 1. The maximum absolute atomic E-state index is 13.3. The van der Waals surface area contributed by atoms with Crippen LogP contribution < -0.4 is 0 Å². The van der Waals surface area contributed by atoms with Crippen LogP contribution in [0.25, 0.3) is 0 Å². The average molecular weight is 406 g/mol. The molecule has 0 saturated carbocycles. The average Bonchev–Trinajstić information content (AvgIpc) is 2.69. The van der Waals surface area contributed by atoms with Crippen molar-refractivity contribution in [2.75, 3.05) is 33.4 Å². The molecule has 1 heterocycles. The maximum Gasteiger partial charge on any atom is 0.410 e. The van der Waals surface area contributed by atoms with Gasteiger partial charge in [-0.15, -0.1) is 0 Å². The highest BCUT2D eigenvalue weighted by atomic mass is 16.6. The first-order valence-electron chi connectivity index (χ1n) is 9.65. The van der Waals surface area contributed by atoms with Crippen LogP contribution in [0.5, 0.6) is 0 Å². The molecule has 1 aromatic rings. The number of carbonyl (C=O) groups is 3. The Hall–Kier alpha value is -2.61. The molecule has 1 aliphatic heterocycles. The topological polar surface area (TPSA) is 96.4 Å². The molecule has 8 nitrogen and oxygen atoms in total. The van der Waals surface area contributed by atoms with Crippen molar-refractivity contribution < 1.29 is 29.0 Å². The molecule has 1 saturated heterocycles. The summed E-state index contributed by atoms with van der Waals surface area (Å²) in [4.78, 5) is 40.8. The molecular formula is C21H30N2O6. The van der Waals surface area contributed by atoms with E-state index in [4.69, 9.17) is 9.47 Å². The largest absolute Gasteiger partial charge is 0.481 e. The number of nitrogens with zero attached hydrogens (tertiary/aromatic N) is 2. The zero-order valence-electron chi connectivity index (χ0n) is 17.5. The lowest BCUT2D eigenvalue weighted by molar-refractivity contribution is -0.157. The van der Waals surface area contributed by atoms with Crippen LogP contribution in [-0.2, 0) is 25.7 Å². The third-order valence-corrected chi connectivity index (χ3v) is 5.00. The molecule has 1 fully saturated rings. The van der Waals surface area contributed by atoms with Gasteiger partial charge in [0.05, 0.1) is 19.1 Å². The zero-order chi connectivity index (χ0) is 21.6. The highest BCUT2D eigenvalue weighted by Crippen LogP contribution is 2.32. The van der Waals surface area contributed by atoms with Gasteiger partial charge in [-0.1, -0.05) is 51.1 Å². The summed E-state index contributed by atoms with van der Waals surface area (Å²) in [5, 5.41) is 9.89. The van der Waals surface area contributed by atoms with E-state index in [1.54, 1.807) is 25.7 Å². The van der Waals surface area contributed by atoms with Crippen LogP contribution in [0.15, 0.2) is 30.3 Å². The molecular weight excluding hydrogens is 376 g/mol. The minimum absolute atomic E-state index is 0.0374. The fraction of sp³-hybridized carbons (Fsp3) is 0.571. The minimum atomic E-state index is -1.19. The Balaban J connectivity index is 2.25. The Morgan fingerprint density at radius 2 is 1.76 bits per heavy atom. The van der Waals surface area contributed by atoms with E-state index in [1.807, 2.05) is 30.3 Å². The third-order valence-electron chi connectivity index (χ3n) is 5.00. The van der Waals surface area contributed by atoms with E-state index in [2.05, 4.69) is 0 Å². The first-order chi connectivity index (χ1) is 13.6. The van der Waals surface area contributed by atoms with Crippen molar-refractivity contribution in [3.63, 3.8) is 0 Å². The third kappa shape index (κ3) is 5.93. The minimum Gasteiger partial charge on any atom is -0.481 e. The lowest BCUT2D eigenvalue weighted by Gasteiger charge is -2.40. The number of aliphatic carboxylic acids is 1. The van der Waals surface area contributed by atoms with E-state index in [0.717, 1.165) is 10.5 Å². The first-order valence-corrected chi connectivity index (χ1v) is 9.65. The second-order valence-corrected chi connectivity index (χ2v) is 8.22. The molecule has 0 aliphatic carbocycles. The predicted octanol–water partition coefficient (Wildman–Crippen LogP) is 2.23. The molecule has 1 N–H and O–H groups in total. The van der Waals surface area contributed by atoms with Gasteiger partial charge in [0, 0.05) is 20.1 Å². The number of hydrogen-bond acceptors (Lipinski definition) is 5. The van der Waals surface area contributed by atoms with Crippen molar-refractivity contribution in [3.05, 3.63) is 35.9 Å². The molecule has 2 unspecified atom stereocenters. The van der Waals surface area contributed by atoms with E-state index in [-0.39, 0.29) is 6.61 Å². The van der Waals surface area contributed by atoms with Crippen molar-refractivity contribution >= 4 is 18.0 Å². The summed E-state index contributed by atoms with van der Waals surface area (Å²) in [7, 11) is 1.41. The molecule has 2 amide bonds. The molecule has 8 heteroatoms. The number of likely N-dealkylation sites (N-methyl/N-ethyl adjacent to an activating group) is 1. The number of carbonyl (C=O) groups excluding carboxylic acids is 2. The van der Waals surface area contributed by atoms with Crippen LogP contribution >= 0.6 is 0 Å². The van der Waals surface area contributed by atoms with Crippen LogP contribution in [0.1, 0.15) is 26.3 Å². The van der Waals surface area contributed by atoms with Gasteiger partial charge in [-0.3, -0.25) is 14.5 Å². The van der Waals surface area contributed by atoms with Crippen LogP contribution in [0.4, 0.5) is 4.79 Å². The smallest absolute Gasteiger partial charge is 0.410 e. The van der Waals surface area contributed by atoms with Crippen LogP contribution in [0.2, 0.25) is 0 Å². The van der Waals surface area contributed by atoms with Crippen molar-refractivity contribution in [1.29, 1.82) is 0 Å².